The molecule has 116 valence electrons. The molecule has 3 atom stereocenters. The van der Waals surface area contributed by atoms with Gasteiger partial charge in [0.25, 0.3) is 5.91 Å². The lowest BCUT2D eigenvalue weighted by Gasteiger charge is -2.35. The number of thiocarbonyl (C=S) groups is 1. The second-order valence-corrected chi connectivity index (χ2v) is 6.78. The van der Waals surface area contributed by atoms with Crippen molar-refractivity contribution in [2.24, 2.45) is 11.8 Å². The van der Waals surface area contributed by atoms with E-state index >= 15 is 0 Å². The summed E-state index contributed by atoms with van der Waals surface area (Å²) in [5.41, 5.74) is 5.95. The third-order valence-electron chi connectivity index (χ3n) is 4.17. The lowest BCUT2D eigenvalue weighted by Crippen LogP contribution is -2.52. The molecule has 0 unspecified atom stereocenters. The summed E-state index contributed by atoms with van der Waals surface area (Å²) in [7, 11) is 0. The predicted molar refractivity (Wildman–Crippen MR) is 86.9 cm³/mol. The van der Waals surface area contributed by atoms with Crippen LogP contribution >= 0.6 is 23.8 Å². The summed E-state index contributed by atoms with van der Waals surface area (Å²) in [4.78, 5) is 12.4. The average Bonchev–Trinajstić information content (AvgIpc) is 2.87. The standard InChI is InChI=1S/C13H21N5OS2/c1-7-5-4-6-10(8(7)2)14-13(20)17-16-12(19)11-9(3)15-18-21-11/h7-8,10H,4-6H2,1-3H3,(H,16,19)(H2,14,17,20)/t7-,8+,10-/m1/s1. The summed E-state index contributed by atoms with van der Waals surface area (Å²) >= 11 is 6.31. The first-order valence-electron chi connectivity index (χ1n) is 7.15. The van der Waals surface area contributed by atoms with Crippen LogP contribution in [0.2, 0.25) is 0 Å². The highest BCUT2D eigenvalue weighted by Gasteiger charge is 2.27. The van der Waals surface area contributed by atoms with Crippen LogP contribution in [0.1, 0.15) is 48.5 Å². The number of hydrogen-bond acceptors (Lipinski definition) is 5. The number of nitrogens with one attached hydrogen (secondary N) is 3. The van der Waals surface area contributed by atoms with E-state index in [4.69, 9.17) is 12.2 Å². The van der Waals surface area contributed by atoms with Crippen molar-refractivity contribution in [2.75, 3.05) is 0 Å². The van der Waals surface area contributed by atoms with Gasteiger partial charge in [0.2, 0.25) is 0 Å². The maximum absolute atomic E-state index is 11.9. The molecule has 0 saturated heterocycles. The Hall–Kier alpha value is -1.28. The molecule has 1 saturated carbocycles. The lowest BCUT2D eigenvalue weighted by molar-refractivity contribution is 0.0946. The molecule has 0 spiro atoms. The van der Waals surface area contributed by atoms with Crippen molar-refractivity contribution in [2.45, 2.75) is 46.1 Å². The Labute approximate surface area is 134 Å². The molecular formula is C13H21N5OS2. The van der Waals surface area contributed by atoms with Crippen molar-refractivity contribution >= 4 is 34.8 Å². The van der Waals surface area contributed by atoms with Crippen LogP contribution in [0.5, 0.6) is 0 Å². The molecule has 1 heterocycles. The number of carbonyl (C=O) groups excluding carboxylic acids is 1. The van der Waals surface area contributed by atoms with E-state index in [9.17, 15) is 4.79 Å². The van der Waals surface area contributed by atoms with Gasteiger partial charge in [0.1, 0.15) is 4.88 Å². The van der Waals surface area contributed by atoms with Crippen molar-refractivity contribution < 1.29 is 4.79 Å². The monoisotopic (exact) mass is 327 g/mol. The molecule has 0 bridgehead atoms. The van der Waals surface area contributed by atoms with Gasteiger partial charge >= 0.3 is 0 Å². The van der Waals surface area contributed by atoms with E-state index in [0.717, 1.165) is 18.0 Å². The summed E-state index contributed by atoms with van der Waals surface area (Å²) in [6, 6.07) is 0.359. The number of carbonyl (C=O) groups is 1. The van der Waals surface area contributed by atoms with E-state index in [0.29, 0.717) is 33.6 Å². The maximum Gasteiger partial charge on any atom is 0.283 e. The molecule has 0 radical (unpaired) electrons. The molecular weight excluding hydrogens is 306 g/mol. The van der Waals surface area contributed by atoms with Gasteiger partial charge < -0.3 is 5.32 Å². The molecule has 6 nitrogen and oxygen atoms in total. The van der Waals surface area contributed by atoms with Gasteiger partial charge in [0, 0.05) is 6.04 Å². The zero-order valence-corrected chi connectivity index (χ0v) is 14.1. The van der Waals surface area contributed by atoms with Crippen molar-refractivity contribution in [3.63, 3.8) is 0 Å². The predicted octanol–water partition coefficient (Wildman–Crippen LogP) is 1.78. The number of aryl methyl sites for hydroxylation is 1. The molecule has 1 aromatic rings. The highest BCUT2D eigenvalue weighted by Crippen LogP contribution is 2.29. The van der Waals surface area contributed by atoms with Gasteiger partial charge in [-0.15, -0.1) is 5.10 Å². The number of hydrogen-bond donors (Lipinski definition) is 3. The zero-order valence-electron chi connectivity index (χ0n) is 12.5. The SMILES string of the molecule is Cc1nnsc1C(=O)NNC(=S)N[C@@H]1CCC[C@@H](C)[C@@H]1C. The topological polar surface area (TPSA) is 78.9 Å². The van der Waals surface area contributed by atoms with Gasteiger partial charge in [-0.05, 0) is 48.9 Å². The smallest absolute Gasteiger partial charge is 0.283 e. The van der Waals surface area contributed by atoms with Crippen LogP contribution in [-0.4, -0.2) is 26.6 Å². The van der Waals surface area contributed by atoms with E-state index < -0.39 is 0 Å². The van der Waals surface area contributed by atoms with E-state index in [2.05, 4.69) is 39.6 Å². The fourth-order valence-corrected chi connectivity index (χ4v) is 3.35. The van der Waals surface area contributed by atoms with Crippen LogP contribution in [0.25, 0.3) is 0 Å². The first kappa shape index (κ1) is 16.1. The van der Waals surface area contributed by atoms with Gasteiger partial charge in [-0.3, -0.25) is 15.6 Å². The van der Waals surface area contributed by atoms with Gasteiger partial charge in [-0.2, -0.15) is 0 Å². The summed E-state index contributed by atoms with van der Waals surface area (Å²) in [6.45, 7) is 6.27. The molecule has 1 aliphatic carbocycles. The second-order valence-electron chi connectivity index (χ2n) is 5.61. The Bertz CT molecular complexity index is 518. The molecule has 3 N–H and O–H groups in total. The van der Waals surface area contributed by atoms with Crippen molar-refractivity contribution in [3.8, 4) is 0 Å². The largest absolute Gasteiger partial charge is 0.358 e. The highest BCUT2D eigenvalue weighted by molar-refractivity contribution is 7.80. The Morgan fingerprint density at radius 1 is 1.33 bits per heavy atom. The molecule has 21 heavy (non-hydrogen) atoms. The number of hydrazine groups is 1. The van der Waals surface area contributed by atoms with Crippen molar-refractivity contribution in [1.82, 2.24) is 25.8 Å². The molecule has 2 rings (SSSR count). The number of aromatic nitrogens is 2. The minimum Gasteiger partial charge on any atom is -0.358 e. The quantitative estimate of drug-likeness (QED) is 0.568. The molecule has 8 heteroatoms. The van der Waals surface area contributed by atoms with Crippen LogP contribution < -0.4 is 16.2 Å². The first-order chi connectivity index (χ1) is 9.99. The minimum absolute atomic E-state index is 0.267. The minimum atomic E-state index is -0.267. The number of amides is 1. The van der Waals surface area contributed by atoms with E-state index in [1.165, 1.54) is 12.8 Å². The Balaban J connectivity index is 1.80. The number of rotatable bonds is 2. The summed E-state index contributed by atoms with van der Waals surface area (Å²) in [5.74, 6) is 0.999. The van der Waals surface area contributed by atoms with Gasteiger partial charge in [-0.25, -0.2) is 0 Å². The number of nitrogens with zero attached hydrogens (tertiary/aromatic N) is 2. The third kappa shape index (κ3) is 4.10. The van der Waals surface area contributed by atoms with Crippen molar-refractivity contribution in [1.29, 1.82) is 0 Å². The summed E-state index contributed by atoms with van der Waals surface area (Å²) in [6.07, 6.45) is 3.59. The molecule has 0 aromatic carbocycles. The van der Waals surface area contributed by atoms with Crippen LogP contribution in [-0.2, 0) is 0 Å². The first-order valence-corrected chi connectivity index (χ1v) is 8.33. The Morgan fingerprint density at radius 3 is 2.76 bits per heavy atom. The fourth-order valence-electron chi connectivity index (χ4n) is 2.60. The van der Waals surface area contributed by atoms with Crippen LogP contribution in [0.3, 0.4) is 0 Å². The third-order valence-corrected chi connectivity index (χ3v) is 5.22. The molecule has 1 fully saturated rings. The highest BCUT2D eigenvalue weighted by atomic mass is 32.1. The molecule has 1 aromatic heterocycles. The van der Waals surface area contributed by atoms with Crippen LogP contribution in [0, 0.1) is 18.8 Å². The van der Waals surface area contributed by atoms with E-state index in [-0.39, 0.29) is 5.91 Å². The van der Waals surface area contributed by atoms with Gasteiger partial charge in [0.05, 0.1) is 5.69 Å². The Kier molecular flexibility index (Phi) is 5.46. The average molecular weight is 327 g/mol. The van der Waals surface area contributed by atoms with Crippen LogP contribution in [0.15, 0.2) is 0 Å². The molecule has 0 aliphatic heterocycles. The lowest BCUT2D eigenvalue weighted by atomic mass is 9.78. The zero-order chi connectivity index (χ0) is 15.4. The van der Waals surface area contributed by atoms with Crippen LogP contribution in [0.4, 0.5) is 0 Å². The molecule has 1 aliphatic rings. The summed E-state index contributed by atoms with van der Waals surface area (Å²) < 4.78 is 3.74. The molecule has 1 amide bonds. The Morgan fingerprint density at radius 2 is 2.10 bits per heavy atom. The maximum atomic E-state index is 11.9. The van der Waals surface area contributed by atoms with Gasteiger partial charge in [-0.1, -0.05) is 31.2 Å². The van der Waals surface area contributed by atoms with E-state index in [1.807, 2.05) is 0 Å². The van der Waals surface area contributed by atoms with Gasteiger partial charge in [0.15, 0.2) is 5.11 Å². The van der Waals surface area contributed by atoms with E-state index in [1.54, 1.807) is 6.92 Å². The normalized spacial score (nSPS) is 25.2. The van der Waals surface area contributed by atoms with Crippen molar-refractivity contribution in [3.05, 3.63) is 10.6 Å². The summed E-state index contributed by atoms with van der Waals surface area (Å²) in [5, 5.41) is 7.55. The fraction of sp³-hybridized carbons (Fsp3) is 0.692. The second kappa shape index (κ2) is 7.13.